The molecule has 1 aromatic carbocycles. The van der Waals surface area contributed by atoms with Crippen molar-refractivity contribution < 1.29 is 37.0 Å². The number of hydrogen-bond acceptors (Lipinski definition) is 5. The molecule has 1 aromatic rings. The lowest BCUT2D eigenvalue weighted by Gasteiger charge is -2.28. The molecule has 0 radical (unpaired) electrons. The van der Waals surface area contributed by atoms with Crippen LogP contribution in [-0.2, 0) is 14.3 Å². The molecule has 2 rings (SSSR count). The highest BCUT2D eigenvalue weighted by Gasteiger charge is 2.42. The standard InChI is InChI=1S/C20H23BrF3NO5/c1-19(2,3)30-18(28)25-10-4-5-14(25)17(27)29-15(11-20(22,23)24)16(26)12-6-8-13(21)9-7-12/h6-9,14-15H,4-5,10-11H2,1-3H3. The third-order valence-corrected chi connectivity index (χ3v) is 4.78. The van der Waals surface area contributed by atoms with Gasteiger partial charge < -0.3 is 9.47 Å². The average molecular weight is 494 g/mol. The maximum atomic E-state index is 13.0. The summed E-state index contributed by atoms with van der Waals surface area (Å²) in [6, 6.07) is 4.58. The van der Waals surface area contributed by atoms with E-state index < -0.39 is 48.2 Å². The van der Waals surface area contributed by atoms with E-state index in [1.54, 1.807) is 20.8 Å². The monoisotopic (exact) mass is 493 g/mol. The van der Waals surface area contributed by atoms with Crippen LogP contribution < -0.4 is 0 Å². The molecule has 166 valence electrons. The molecule has 10 heteroatoms. The van der Waals surface area contributed by atoms with Crippen LogP contribution in [0.25, 0.3) is 0 Å². The number of hydrogen-bond donors (Lipinski definition) is 0. The minimum Gasteiger partial charge on any atom is -0.452 e. The van der Waals surface area contributed by atoms with Gasteiger partial charge in [-0.15, -0.1) is 0 Å². The minimum atomic E-state index is -4.73. The van der Waals surface area contributed by atoms with Gasteiger partial charge in [0.1, 0.15) is 11.6 Å². The maximum Gasteiger partial charge on any atom is 0.411 e. The SMILES string of the molecule is CC(C)(C)OC(=O)N1CCCC1C(=O)OC(CC(F)(F)F)C(=O)c1ccc(Br)cc1. The summed E-state index contributed by atoms with van der Waals surface area (Å²) in [5, 5.41) is 0. The van der Waals surface area contributed by atoms with Gasteiger partial charge in [0.25, 0.3) is 0 Å². The number of ketones is 1. The number of nitrogens with zero attached hydrogens (tertiary/aromatic N) is 1. The number of likely N-dealkylation sites (tertiary alicyclic amines) is 1. The summed E-state index contributed by atoms with van der Waals surface area (Å²) in [7, 11) is 0. The molecule has 0 aromatic heterocycles. The first-order chi connectivity index (χ1) is 13.8. The number of rotatable bonds is 5. The van der Waals surface area contributed by atoms with Gasteiger partial charge in [0.15, 0.2) is 6.10 Å². The van der Waals surface area contributed by atoms with Crippen molar-refractivity contribution in [2.24, 2.45) is 0 Å². The van der Waals surface area contributed by atoms with Crippen LogP contribution in [0.2, 0.25) is 0 Å². The summed E-state index contributed by atoms with van der Waals surface area (Å²) in [6.45, 7) is 5.18. The number of carbonyl (C=O) groups excluding carboxylic acids is 3. The lowest BCUT2D eigenvalue weighted by atomic mass is 10.0. The third kappa shape index (κ3) is 7.00. The van der Waals surface area contributed by atoms with Crippen LogP contribution in [0.5, 0.6) is 0 Å². The molecule has 0 aliphatic carbocycles. The average Bonchev–Trinajstić information content (AvgIpc) is 3.08. The van der Waals surface area contributed by atoms with E-state index in [0.29, 0.717) is 10.9 Å². The molecule has 1 amide bonds. The number of alkyl halides is 3. The topological polar surface area (TPSA) is 72.9 Å². The first-order valence-corrected chi connectivity index (χ1v) is 10.1. The van der Waals surface area contributed by atoms with E-state index in [2.05, 4.69) is 15.9 Å². The van der Waals surface area contributed by atoms with Crippen LogP contribution in [0.4, 0.5) is 18.0 Å². The summed E-state index contributed by atoms with van der Waals surface area (Å²) in [5.41, 5.74) is -0.819. The van der Waals surface area contributed by atoms with Gasteiger partial charge in [-0.1, -0.05) is 28.1 Å². The Labute approximate surface area is 180 Å². The van der Waals surface area contributed by atoms with Gasteiger partial charge >= 0.3 is 18.2 Å². The molecule has 1 aliphatic heterocycles. The van der Waals surface area contributed by atoms with Crippen molar-refractivity contribution in [1.82, 2.24) is 4.90 Å². The van der Waals surface area contributed by atoms with Gasteiger partial charge in [0.05, 0.1) is 6.42 Å². The van der Waals surface area contributed by atoms with E-state index in [-0.39, 0.29) is 18.5 Å². The van der Waals surface area contributed by atoms with E-state index >= 15 is 0 Å². The predicted octanol–water partition coefficient (Wildman–Crippen LogP) is 4.90. The molecular weight excluding hydrogens is 471 g/mol. The fourth-order valence-electron chi connectivity index (χ4n) is 2.97. The molecular formula is C20H23BrF3NO5. The quantitative estimate of drug-likeness (QED) is 0.431. The predicted molar refractivity (Wildman–Crippen MR) is 105 cm³/mol. The van der Waals surface area contributed by atoms with Gasteiger partial charge in [-0.2, -0.15) is 13.2 Å². The van der Waals surface area contributed by atoms with Gasteiger partial charge in [-0.3, -0.25) is 9.69 Å². The van der Waals surface area contributed by atoms with Crippen LogP contribution in [0, 0.1) is 0 Å². The van der Waals surface area contributed by atoms with Gasteiger partial charge in [-0.25, -0.2) is 9.59 Å². The zero-order chi connectivity index (χ0) is 22.7. The zero-order valence-electron chi connectivity index (χ0n) is 16.8. The normalized spacial score (nSPS) is 18.1. The minimum absolute atomic E-state index is 0.0179. The Kier molecular flexibility index (Phi) is 7.54. The Morgan fingerprint density at radius 2 is 1.77 bits per heavy atom. The second kappa shape index (κ2) is 9.36. The number of esters is 1. The van der Waals surface area contributed by atoms with Gasteiger partial charge in [-0.05, 0) is 45.7 Å². The fourth-order valence-corrected chi connectivity index (χ4v) is 3.23. The molecule has 6 nitrogen and oxygen atoms in total. The maximum absolute atomic E-state index is 13.0. The van der Waals surface area contributed by atoms with Gasteiger partial charge in [0, 0.05) is 16.6 Å². The highest BCUT2D eigenvalue weighted by molar-refractivity contribution is 9.10. The zero-order valence-corrected chi connectivity index (χ0v) is 18.4. The van der Waals surface area contributed by atoms with E-state index in [1.807, 2.05) is 0 Å². The number of Topliss-reactive ketones (excluding diaryl/α,β-unsaturated/α-hetero) is 1. The van der Waals surface area contributed by atoms with Crippen molar-refractivity contribution in [3.63, 3.8) is 0 Å². The van der Waals surface area contributed by atoms with Crippen LogP contribution >= 0.6 is 15.9 Å². The molecule has 1 heterocycles. The molecule has 2 atom stereocenters. The highest BCUT2D eigenvalue weighted by atomic mass is 79.9. The van der Waals surface area contributed by atoms with E-state index in [9.17, 15) is 27.6 Å². The largest absolute Gasteiger partial charge is 0.452 e. The first-order valence-electron chi connectivity index (χ1n) is 9.33. The smallest absolute Gasteiger partial charge is 0.411 e. The van der Waals surface area contributed by atoms with Gasteiger partial charge in [0.2, 0.25) is 5.78 Å². The summed E-state index contributed by atoms with van der Waals surface area (Å²) < 4.78 is 50.0. The van der Waals surface area contributed by atoms with Crippen LogP contribution in [0.1, 0.15) is 50.4 Å². The van der Waals surface area contributed by atoms with Crippen molar-refractivity contribution in [3.8, 4) is 0 Å². The second-order valence-electron chi connectivity index (χ2n) is 7.95. The van der Waals surface area contributed by atoms with Crippen LogP contribution in [0.15, 0.2) is 28.7 Å². The van der Waals surface area contributed by atoms with Crippen molar-refractivity contribution in [2.45, 2.75) is 64.0 Å². The fraction of sp³-hybridized carbons (Fsp3) is 0.550. The first kappa shape index (κ1) is 24.2. The lowest BCUT2D eigenvalue weighted by Crippen LogP contribution is -2.46. The number of benzene rings is 1. The molecule has 2 unspecified atom stereocenters. The number of carbonyl (C=O) groups is 3. The Hall–Kier alpha value is -2.10. The van der Waals surface area contributed by atoms with Crippen molar-refractivity contribution >= 4 is 33.8 Å². The Bertz CT molecular complexity index is 789. The van der Waals surface area contributed by atoms with E-state index in [1.165, 1.54) is 24.3 Å². The number of halogens is 4. The van der Waals surface area contributed by atoms with E-state index in [0.717, 1.165) is 4.90 Å². The highest BCUT2D eigenvalue weighted by Crippen LogP contribution is 2.28. The van der Waals surface area contributed by atoms with Crippen molar-refractivity contribution in [2.75, 3.05) is 6.54 Å². The molecule has 0 bridgehead atoms. The Morgan fingerprint density at radius 3 is 2.30 bits per heavy atom. The molecule has 1 saturated heterocycles. The third-order valence-electron chi connectivity index (χ3n) is 4.25. The number of ether oxygens (including phenoxy) is 2. The van der Waals surface area contributed by atoms with Crippen molar-refractivity contribution in [3.05, 3.63) is 34.3 Å². The summed E-state index contributed by atoms with van der Waals surface area (Å²) >= 11 is 3.18. The second-order valence-corrected chi connectivity index (χ2v) is 8.86. The van der Waals surface area contributed by atoms with Crippen LogP contribution in [0.3, 0.4) is 0 Å². The number of amides is 1. The molecule has 0 N–H and O–H groups in total. The molecule has 1 fully saturated rings. The molecule has 0 saturated carbocycles. The molecule has 0 spiro atoms. The van der Waals surface area contributed by atoms with Crippen LogP contribution in [-0.4, -0.2) is 53.2 Å². The Balaban J connectivity index is 2.17. The van der Waals surface area contributed by atoms with Crippen molar-refractivity contribution in [1.29, 1.82) is 0 Å². The summed E-state index contributed by atoms with van der Waals surface area (Å²) in [6.07, 6.45) is -8.47. The lowest BCUT2D eigenvalue weighted by molar-refractivity contribution is -0.170. The van der Waals surface area contributed by atoms with E-state index in [4.69, 9.17) is 9.47 Å². The molecule has 30 heavy (non-hydrogen) atoms. The summed E-state index contributed by atoms with van der Waals surface area (Å²) in [4.78, 5) is 38.7. The Morgan fingerprint density at radius 1 is 1.17 bits per heavy atom. The molecule has 1 aliphatic rings. The summed E-state index contributed by atoms with van der Waals surface area (Å²) in [5.74, 6) is -2.02.